The van der Waals surface area contributed by atoms with E-state index < -0.39 is 33.0 Å². The molecule has 0 fully saturated rings. The zero-order valence-corrected chi connectivity index (χ0v) is 12.3. The molecule has 0 unspecified atom stereocenters. The SMILES string of the molecule is O=C1[O][Sb]([c]2ccccc2)[O]C(=O)c2ccccc21. The van der Waals surface area contributed by atoms with Gasteiger partial charge in [-0.25, -0.2) is 0 Å². The third kappa shape index (κ3) is 2.36. The van der Waals surface area contributed by atoms with Crippen molar-refractivity contribution in [1.82, 2.24) is 0 Å². The number of rotatable bonds is 1. The third-order valence-corrected chi connectivity index (χ3v) is 6.61. The molecular weight excluding hydrogens is 354 g/mol. The molecule has 19 heavy (non-hydrogen) atoms. The van der Waals surface area contributed by atoms with Gasteiger partial charge in [0.1, 0.15) is 0 Å². The predicted octanol–water partition coefficient (Wildman–Crippen LogP) is 1.41. The summed E-state index contributed by atoms with van der Waals surface area (Å²) in [5, 5.41) is 0. The fourth-order valence-corrected chi connectivity index (χ4v) is 5.08. The fraction of sp³-hybridized carbons (Fsp3) is 0. The minimum absolute atomic E-state index is 0.274. The van der Waals surface area contributed by atoms with E-state index in [1.54, 1.807) is 24.3 Å². The first-order chi connectivity index (χ1) is 9.25. The maximum atomic E-state index is 12.0. The number of hydrogen-bond donors (Lipinski definition) is 0. The number of benzene rings is 2. The second-order valence-corrected chi connectivity index (χ2v) is 7.88. The molecule has 0 radical (unpaired) electrons. The molecule has 1 aliphatic heterocycles. The van der Waals surface area contributed by atoms with Gasteiger partial charge in [0.05, 0.1) is 0 Å². The Kier molecular flexibility index (Phi) is 3.26. The third-order valence-electron chi connectivity index (χ3n) is 2.67. The molecule has 2 aromatic rings. The van der Waals surface area contributed by atoms with Gasteiger partial charge in [0, 0.05) is 0 Å². The average Bonchev–Trinajstić information content (AvgIpc) is 2.59. The van der Waals surface area contributed by atoms with Crippen LogP contribution in [0.5, 0.6) is 0 Å². The molecular formula is C14H9O4Sb. The summed E-state index contributed by atoms with van der Waals surface area (Å²) in [6, 6.07) is 15.7. The van der Waals surface area contributed by atoms with Crippen LogP contribution in [0.4, 0.5) is 0 Å². The van der Waals surface area contributed by atoms with Crippen molar-refractivity contribution in [3.8, 4) is 0 Å². The van der Waals surface area contributed by atoms with E-state index in [9.17, 15) is 9.59 Å². The zero-order chi connectivity index (χ0) is 13.2. The Morgan fingerprint density at radius 2 is 1.16 bits per heavy atom. The molecule has 0 saturated heterocycles. The molecule has 5 heteroatoms. The van der Waals surface area contributed by atoms with Crippen LogP contribution in [-0.4, -0.2) is 33.0 Å². The molecule has 1 heterocycles. The molecule has 4 nitrogen and oxygen atoms in total. The summed E-state index contributed by atoms with van der Waals surface area (Å²) in [6.07, 6.45) is 0. The van der Waals surface area contributed by atoms with Crippen LogP contribution in [0.25, 0.3) is 0 Å². The maximum absolute atomic E-state index is 12.0. The topological polar surface area (TPSA) is 52.6 Å². The zero-order valence-electron chi connectivity index (χ0n) is 9.78. The second-order valence-electron chi connectivity index (χ2n) is 3.90. The quantitative estimate of drug-likeness (QED) is 0.720. The number of carbonyl (C=O) groups excluding carboxylic acids is 2. The predicted molar refractivity (Wildman–Crippen MR) is 69.1 cm³/mol. The van der Waals surface area contributed by atoms with Crippen molar-refractivity contribution in [2.45, 2.75) is 0 Å². The van der Waals surface area contributed by atoms with E-state index in [-0.39, 0.29) is 11.1 Å². The average molecular weight is 363 g/mol. The van der Waals surface area contributed by atoms with Crippen molar-refractivity contribution in [3.05, 3.63) is 65.7 Å². The van der Waals surface area contributed by atoms with Gasteiger partial charge < -0.3 is 0 Å². The molecule has 94 valence electrons. The Labute approximate surface area is 118 Å². The Morgan fingerprint density at radius 3 is 1.68 bits per heavy atom. The second kappa shape index (κ2) is 5.06. The molecule has 3 rings (SSSR count). The minimum atomic E-state index is -3.02. The molecule has 1 aliphatic rings. The van der Waals surface area contributed by atoms with Crippen LogP contribution in [0.1, 0.15) is 20.7 Å². The number of hydrogen-bond acceptors (Lipinski definition) is 4. The fourth-order valence-electron chi connectivity index (χ4n) is 1.76. The van der Waals surface area contributed by atoms with Crippen molar-refractivity contribution in [2.75, 3.05) is 0 Å². The van der Waals surface area contributed by atoms with Crippen LogP contribution in [0.2, 0.25) is 0 Å². The van der Waals surface area contributed by atoms with Crippen LogP contribution in [0.15, 0.2) is 54.6 Å². The summed E-state index contributed by atoms with van der Waals surface area (Å²) in [5.74, 6) is -0.957. The molecule has 2 aromatic carbocycles. The Morgan fingerprint density at radius 1 is 0.684 bits per heavy atom. The Bertz CT molecular complexity index is 602. The van der Waals surface area contributed by atoms with E-state index in [1.807, 2.05) is 30.3 Å². The van der Waals surface area contributed by atoms with Crippen molar-refractivity contribution in [1.29, 1.82) is 0 Å². The monoisotopic (exact) mass is 362 g/mol. The number of carbonyl (C=O) groups is 2. The summed E-state index contributed by atoms with van der Waals surface area (Å²) in [5.41, 5.74) is 0.547. The van der Waals surface area contributed by atoms with Gasteiger partial charge in [-0.15, -0.1) is 0 Å². The first-order valence-electron chi connectivity index (χ1n) is 5.64. The Hall–Kier alpha value is -1.80. The van der Waals surface area contributed by atoms with E-state index in [1.165, 1.54) is 0 Å². The molecule has 0 atom stereocenters. The van der Waals surface area contributed by atoms with E-state index in [0.717, 1.165) is 3.51 Å². The van der Waals surface area contributed by atoms with Gasteiger partial charge in [-0.3, -0.25) is 0 Å². The van der Waals surface area contributed by atoms with Crippen LogP contribution >= 0.6 is 0 Å². The van der Waals surface area contributed by atoms with Crippen LogP contribution in [-0.2, 0) is 6.03 Å². The van der Waals surface area contributed by atoms with E-state index in [0.29, 0.717) is 0 Å². The van der Waals surface area contributed by atoms with Crippen LogP contribution in [0.3, 0.4) is 0 Å². The van der Waals surface area contributed by atoms with Crippen LogP contribution in [0, 0.1) is 0 Å². The molecule has 0 bridgehead atoms. The van der Waals surface area contributed by atoms with E-state index >= 15 is 0 Å². The van der Waals surface area contributed by atoms with Crippen molar-refractivity contribution < 1.29 is 15.6 Å². The Balaban J connectivity index is 2.00. The normalized spacial score (nSPS) is 15.2. The summed E-state index contributed by atoms with van der Waals surface area (Å²) < 4.78 is 11.6. The van der Waals surface area contributed by atoms with Gasteiger partial charge in [0.25, 0.3) is 0 Å². The van der Waals surface area contributed by atoms with Crippen molar-refractivity contribution in [3.63, 3.8) is 0 Å². The van der Waals surface area contributed by atoms with Gasteiger partial charge in [-0.1, -0.05) is 0 Å². The molecule has 0 amide bonds. The van der Waals surface area contributed by atoms with Gasteiger partial charge in [0.15, 0.2) is 0 Å². The van der Waals surface area contributed by atoms with Crippen molar-refractivity contribution in [2.24, 2.45) is 0 Å². The molecule has 0 saturated carbocycles. The molecule has 0 aromatic heterocycles. The molecule has 0 N–H and O–H groups in total. The molecule has 0 spiro atoms. The van der Waals surface area contributed by atoms with Gasteiger partial charge in [-0.2, -0.15) is 0 Å². The van der Waals surface area contributed by atoms with Crippen molar-refractivity contribution >= 4 is 36.5 Å². The molecule has 0 aliphatic carbocycles. The summed E-state index contributed by atoms with van der Waals surface area (Å²) in [6.45, 7) is 0. The summed E-state index contributed by atoms with van der Waals surface area (Å²) >= 11 is -3.02. The van der Waals surface area contributed by atoms with E-state index in [2.05, 4.69) is 0 Å². The summed E-state index contributed by atoms with van der Waals surface area (Å²) in [7, 11) is 0. The number of fused-ring (bicyclic) bond motifs is 1. The first kappa shape index (κ1) is 12.2. The first-order valence-corrected chi connectivity index (χ1v) is 9.00. The van der Waals surface area contributed by atoms with Crippen LogP contribution < -0.4 is 3.51 Å². The van der Waals surface area contributed by atoms with Gasteiger partial charge in [-0.05, 0) is 0 Å². The van der Waals surface area contributed by atoms with E-state index in [4.69, 9.17) is 6.03 Å². The van der Waals surface area contributed by atoms with Gasteiger partial charge >= 0.3 is 118 Å². The summed E-state index contributed by atoms with van der Waals surface area (Å²) in [4.78, 5) is 24.1. The van der Waals surface area contributed by atoms with Gasteiger partial charge in [0.2, 0.25) is 0 Å². The standard InChI is InChI=1S/C8H6O4.C6H5.Sb/c9-7(10)5-3-1-2-4-6(5)8(11)12;1-2-4-6-5-3-1;/h1-4H,(H,9,10)(H,11,12);1-5H;/q;;+2/p-2.